The van der Waals surface area contributed by atoms with Gasteiger partial charge in [0.05, 0.1) is 16.2 Å². The topological polar surface area (TPSA) is 98.1 Å². The highest BCUT2D eigenvalue weighted by atomic mass is 35.5. The molecule has 28 heavy (non-hydrogen) atoms. The second-order valence-corrected chi connectivity index (χ2v) is 8.45. The molecule has 0 bridgehead atoms. The fourth-order valence-corrected chi connectivity index (χ4v) is 2.57. The molecule has 0 unspecified atom stereocenters. The molecular formula is C19H26ClN5O3. The molecule has 0 fully saturated rings. The van der Waals surface area contributed by atoms with Crippen LogP contribution in [0.25, 0.3) is 5.69 Å². The number of amides is 2. The summed E-state index contributed by atoms with van der Waals surface area (Å²) in [6.07, 6.45) is -0.549. The first-order valence-electron chi connectivity index (χ1n) is 8.86. The van der Waals surface area contributed by atoms with E-state index in [2.05, 4.69) is 20.7 Å². The van der Waals surface area contributed by atoms with Gasteiger partial charge in [0.1, 0.15) is 11.4 Å². The molecule has 2 N–H and O–H groups in total. The first kappa shape index (κ1) is 21.7. The largest absolute Gasteiger partial charge is 0.444 e. The Labute approximate surface area is 169 Å². The number of hydrogen-bond acceptors (Lipinski definition) is 5. The van der Waals surface area contributed by atoms with E-state index in [-0.39, 0.29) is 12.4 Å². The van der Waals surface area contributed by atoms with Crippen LogP contribution in [0, 0.1) is 6.92 Å². The first-order chi connectivity index (χ1) is 12.9. The quantitative estimate of drug-likeness (QED) is 0.792. The van der Waals surface area contributed by atoms with Crippen molar-refractivity contribution in [1.82, 2.24) is 25.4 Å². The molecule has 9 heteroatoms. The summed E-state index contributed by atoms with van der Waals surface area (Å²) in [5, 5.41) is 10.2. The number of rotatable bonds is 5. The molecule has 0 radical (unpaired) electrons. The average Bonchev–Trinajstić information content (AvgIpc) is 2.93. The van der Waals surface area contributed by atoms with Crippen molar-refractivity contribution in [2.45, 2.75) is 52.7 Å². The Bertz CT molecular complexity index is 871. The summed E-state index contributed by atoms with van der Waals surface area (Å²) in [5.74, 6) is 0.0931. The Hall–Kier alpha value is -2.61. The summed E-state index contributed by atoms with van der Waals surface area (Å²) < 4.78 is 6.72. The van der Waals surface area contributed by atoms with Gasteiger partial charge in [0.2, 0.25) is 5.82 Å². The molecule has 1 aromatic heterocycles. The molecule has 2 rings (SSSR count). The number of carbonyl (C=O) groups excluding carboxylic acids is 2. The number of aryl methyl sites for hydroxylation is 1. The summed E-state index contributed by atoms with van der Waals surface area (Å²) in [5.41, 5.74) is -0.693. The van der Waals surface area contributed by atoms with Crippen LogP contribution in [0.15, 0.2) is 24.3 Å². The number of aromatic nitrogens is 3. The summed E-state index contributed by atoms with van der Waals surface area (Å²) in [6, 6.07) is 7.17. The van der Waals surface area contributed by atoms with Crippen molar-refractivity contribution in [2.75, 3.05) is 6.54 Å². The zero-order chi connectivity index (χ0) is 21.1. The van der Waals surface area contributed by atoms with E-state index in [1.807, 2.05) is 12.1 Å². The van der Waals surface area contributed by atoms with Gasteiger partial charge in [0, 0.05) is 6.54 Å². The normalized spacial score (nSPS) is 11.8. The highest BCUT2D eigenvalue weighted by molar-refractivity contribution is 6.32. The van der Waals surface area contributed by atoms with Crippen molar-refractivity contribution in [3.8, 4) is 5.69 Å². The molecule has 0 saturated carbocycles. The maximum atomic E-state index is 12.6. The van der Waals surface area contributed by atoms with Gasteiger partial charge in [-0.05, 0) is 53.7 Å². The average molecular weight is 408 g/mol. The van der Waals surface area contributed by atoms with Gasteiger partial charge in [-0.15, -0.1) is 5.10 Å². The molecular weight excluding hydrogens is 382 g/mol. The van der Waals surface area contributed by atoms with Crippen molar-refractivity contribution in [3.05, 3.63) is 40.9 Å². The Morgan fingerprint density at radius 2 is 1.82 bits per heavy atom. The van der Waals surface area contributed by atoms with Gasteiger partial charge in [-0.3, -0.25) is 4.79 Å². The fourth-order valence-electron chi connectivity index (χ4n) is 2.35. The molecule has 1 heterocycles. The number of hydrogen-bond donors (Lipinski definition) is 2. The molecule has 0 aliphatic heterocycles. The van der Waals surface area contributed by atoms with Crippen molar-refractivity contribution in [3.63, 3.8) is 0 Å². The maximum absolute atomic E-state index is 12.6. The zero-order valence-electron chi connectivity index (χ0n) is 17.0. The van der Waals surface area contributed by atoms with Crippen LogP contribution in [-0.4, -0.2) is 44.4 Å². The predicted molar refractivity (Wildman–Crippen MR) is 107 cm³/mol. The lowest BCUT2D eigenvalue weighted by Crippen LogP contribution is -2.52. The fraction of sp³-hybridized carbons (Fsp3) is 0.474. The van der Waals surface area contributed by atoms with Crippen LogP contribution in [0.4, 0.5) is 4.79 Å². The van der Waals surface area contributed by atoms with Gasteiger partial charge in [0.15, 0.2) is 0 Å². The maximum Gasteiger partial charge on any atom is 0.407 e. The van der Waals surface area contributed by atoms with Gasteiger partial charge in [-0.2, -0.15) is 0 Å². The number of halogens is 1. The van der Waals surface area contributed by atoms with E-state index in [1.54, 1.807) is 53.7 Å². The molecule has 1 aromatic carbocycles. The zero-order valence-corrected chi connectivity index (χ0v) is 17.7. The van der Waals surface area contributed by atoms with E-state index in [4.69, 9.17) is 16.3 Å². The second-order valence-electron chi connectivity index (χ2n) is 8.04. The standard InChI is InChI=1S/C19H26ClN5O3/c1-12-22-15(24-25(12)14-10-8-7-9-13(14)20)16(26)23-19(5,6)11-21-17(27)28-18(2,3)4/h7-10H,11H2,1-6H3,(H,21,27)(H,23,26). The highest BCUT2D eigenvalue weighted by Crippen LogP contribution is 2.20. The molecule has 0 spiro atoms. The number of nitrogens with one attached hydrogen (secondary N) is 2. The van der Waals surface area contributed by atoms with E-state index in [9.17, 15) is 9.59 Å². The Balaban J connectivity index is 2.05. The molecule has 0 aliphatic rings. The van der Waals surface area contributed by atoms with Crippen LogP contribution >= 0.6 is 11.6 Å². The lowest BCUT2D eigenvalue weighted by molar-refractivity contribution is 0.0509. The highest BCUT2D eigenvalue weighted by Gasteiger charge is 2.26. The predicted octanol–water partition coefficient (Wildman–Crippen LogP) is 3.26. The van der Waals surface area contributed by atoms with Gasteiger partial charge >= 0.3 is 6.09 Å². The van der Waals surface area contributed by atoms with Crippen molar-refractivity contribution in [1.29, 1.82) is 0 Å². The van der Waals surface area contributed by atoms with E-state index >= 15 is 0 Å². The second kappa shape index (κ2) is 8.18. The van der Waals surface area contributed by atoms with E-state index in [1.165, 1.54) is 4.68 Å². The number of carbonyl (C=O) groups is 2. The molecule has 2 aromatic rings. The third kappa shape index (κ3) is 5.95. The van der Waals surface area contributed by atoms with Gasteiger partial charge in [-0.25, -0.2) is 14.5 Å². The van der Waals surface area contributed by atoms with Gasteiger partial charge in [0.25, 0.3) is 5.91 Å². The van der Waals surface area contributed by atoms with Crippen LogP contribution in [0.5, 0.6) is 0 Å². The molecule has 0 saturated heterocycles. The van der Waals surface area contributed by atoms with Gasteiger partial charge in [-0.1, -0.05) is 23.7 Å². The summed E-state index contributed by atoms with van der Waals surface area (Å²) in [4.78, 5) is 28.6. The monoisotopic (exact) mass is 407 g/mol. The third-order valence-corrected chi connectivity index (χ3v) is 3.90. The molecule has 152 valence electrons. The number of para-hydroxylation sites is 1. The molecule has 8 nitrogen and oxygen atoms in total. The number of nitrogens with zero attached hydrogens (tertiary/aromatic N) is 3. The lowest BCUT2D eigenvalue weighted by atomic mass is 10.1. The van der Waals surface area contributed by atoms with Crippen LogP contribution in [0.1, 0.15) is 51.1 Å². The molecule has 2 amide bonds. The van der Waals surface area contributed by atoms with Crippen molar-refractivity contribution >= 4 is 23.6 Å². The van der Waals surface area contributed by atoms with E-state index < -0.39 is 23.1 Å². The van der Waals surface area contributed by atoms with E-state index in [0.717, 1.165) is 0 Å². The summed E-state index contributed by atoms with van der Waals surface area (Å²) in [7, 11) is 0. The minimum Gasteiger partial charge on any atom is -0.444 e. The van der Waals surface area contributed by atoms with Crippen LogP contribution < -0.4 is 10.6 Å². The minimum atomic E-state index is -0.738. The first-order valence-corrected chi connectivity index (χ1v) is 9.24. The minimum absolute atomic E-state index is 0.0164. The third-order valence-electron chi connectivity index (χ3n) is 3.58. The van der Waals surface area contributed by atoms with E-state index in [0.29, 0.717) is 16.5 Å². The summed E-state index contributed by atoms with van der Waals surface area (Å²) >= 11 is 6.20. The van der Waals surface area contributed by atoms with Crippen LogP contribution in [0.2, 0.25) is 5.02 Å². The molecule has 0 atom stereocenters. The number of alkyl carbamates (subject to hydrolysis) is 1. The van der Waals surface area contributed by atoms with Crippen molar-refractivity contribution in [2.24, 2.45) is 0 Å². The van der Waals surface area contributed by atoms with Crippen LogP contribution in [0.3, 0.4) is 0 Å². The van der Waals surface area contributed by atoms with Crippen LogP contribution in [-0.2, 0) is 4.74 Å². The SMILES string of the molecule is Cc1nc(C(=O)NC(C)(C)CNC(=O)OC(C)(C)C)nn1-c1ccccc1Cl. The Morgan fingerprint density at radius 3 is 2.43 bits per heavy atom. The van der Waals surface area contributed by atoms with Gasteiger partial charge < -0.3 is 15.4 Å². The smallest absolute Gasteiger partial charge is 0.407 e. The number of benzene rings is 1. The molecule has 0 aliphatic carbocycles. The lowest BCUT2D eigenvalue weighted by Gasteiger charge is -2.27. The summed E-state index contributed by atoms with van der Waals surface area (Å²) in [6.45, 7) is 10.8. The Morgan fingerprint density at radius 1 is 1.18 bits per heavy atom. The number of ether oxygens (including phenoxy) is 1. The Kier molecular flexibility index (Phi) is 6.34. The van der Waals surface area contributed by atoms with Crippen molar-refractivity contribution < 1.29 is 14.3 Å².